The summed E-state index contributed by atoms with van der Waals surface area (Å²) in [7, 11) is 0. The lowest BCUT2D eigenvalue weighted by molar-refractivity contribution is -0.126. The molecule has 0 unspecified atom stereocenters. The van der Waals surface area contributed by atoms with Gasteiger partial charge in [-0.2, -0.15) is 0 Å². The lowest BCUT2D eigenvalue weighted by atomic mass is 9.99. The van der Waals surface area contributed by atoms with Gasteiger partial charge in [-0.3, -0.25) is 14.4 Å². The Morgan fingerprint density at radius 2 is 1.66 bits per heavy atom. The lowest BCUT2D eigenvalue weighted by Crippen LogP contribution is -2.42. The summed E-state index contributed by atoms with van der Waals surface area (Å²) in [6, 6.07) is 15.2. The van der Waals surface area contributed by atoms with E-state index in [2.05, 4.69) is 36.6 Å². The van der Waals surface area contributed by atoms with Crippen LogP contribution in [0.1, 0.15) is 56.7 Å². The minimum Gasteiger partial charge on any atom is -0.350 e. The van der Waals surface area contributed by atoms with Crippen molar-refractivity contribution in [1.29, 1.82) is 0 Å². The molecule has 0 spiro atoms. The van der Waals surface area contributed by atoms with Gasteiger partial charge in [-0.1, -0.05) is 50.2 Å². The van der Waals surface area contributed by atoms with E-state index in [-0.39, 0.29) is 43.1 Å². The number of nitrogens with zero attached hydrogens (tertiary/aromatic N) is 1. The molecule has 0 fully saturated rings. The number of nitrogens with one attached hydrogen (secondary N) is 2. The highest BCUT2D eigenvalue weighted by Gasteiger charge is 2.26. The Morgan fingerprint density at radius 1 is 1.00 bits per heavy atom. The number of hydrogen-bond acceptors (Lipinski definition) is 3. The topological polar surface area (TPSA) is 78.5 Å². The van der Waals surface area contributed by atoms with E-state index in [0.717, 1.165) is 5.56 Å². The van der Waals surface area contributed by atoms with Gasteiger partial charge in [-0.05, 0) is 36.1 Å². The van der Waals surface area contributed by atoms with E-state index in [9.17, 15) is 14.4 Å². The van der Waals surface area contributed by atoms with Crippen LogP contribution >= 0.6 is 0 Å². The molecule has 3 amide bonds. The summed E-state index contributed by atoms with van der Waals surface area (Å²) in [6.45, 7) is 6.18. The zero-order chi connectivity index (χ0) is 21.0. The van der Waals surface area contributed by atoms with Gasteiger partial charge in [0.1, 0.15) is 6.54 Å². The second-order valence-electron chi connectivity index (χ2n) is 7.66. The van der Waals surface area contributed by atoms with Crippen molar-refractivity contribution in [2.45, 2.75) is 45.6 Å². The maximum atomic E-state index is 12.6. The van der Waals surface area contributed by atoms with Gasteiger partial charge in [-0.15, -0.1) is 0 Å². The molecule has 1 aliphatic rings. The molecule has 2 aromatic carbocycles. The van der Waals surface area contributed by atoms with Gasteiger partial charge in [0.25, 0.3) is 0 Å². The van der Waals surface area contributed by atoms with Crippen LogP contribution in [-0.2, 0) is 14.4 Å². The number of anilines is 2. The molecule has 3 rings (SSSR count). The minimum atomic E-state index is -0.239. The molecule has 0 saturated heterocycles. The van der Waals surface area contributed by atoms with Crippen molar-refractivity contribution in [2.75, 3.05) is 16.8 Å². The standard InChI is InChI=1S/C23H27N3O3/c1-15(2)17-8-10-18(11-9-17)16(3)24-21(27)12-13-23(29)26-14-22(28)25-19-6-4-5-7-20(19)26/h4-11,15-16H,12-14H2,1-3H3,(H,24,27)(H,25,28)/t16-/m0/s1. The van der Waals surface area contributed by atoms with E-state index in [4.69, 9.17) is 0 Å². The van der Waals surface area contributed by atoms with Crippen molar-refractivity contribution in [3.8, 4) is 0 Å². The van der Waals surface area contributed by atoms with Gasteiger partial charge < -0.3 is 15.5 Å². The number of carbonyl (C=O) groups is 3. The van der Waals surface area contributed by atoms with Crippen molar-refractivity contribution in [2.24, 2.45) is 0 Å². The molecule has 0 aromatic heterocycles. The molecule has 0 saturated carbocycles. The number of rotatable bonds is 6. The lowest BCUT2D eigenvalue weighted by Gasteiger charge is -2.29. The van der Waals surface area contributed by atoms with Crippen LogP contribution < -0.4 is 15.5 Å². The number of amides is 3. The summed E-state index contributed by atoms with van der Waals surface area (Å²) in [6.07, 6.45) is 0.125. The van der Waals surface area contributed by atoms with Crippen LogP contribution in [0.5, 0.6) is 0 Å². The van der Waals surface area contributed by atoms with Crippen LogP contribution in [0.4, 0.5) is 11.4 Å². The third kappa shape index (κ3) is 5.02. The third-order valence-corrected chi connectivity index (χ3v) is 5.12. The van der Waals surface area contributed by atoms with E-state index >= 15 is 0 Å². The molecule has 1 atom stereocenters. The SMILES string of the molecule is CC(C)c1ccc([C@H](C)NC(=O)CCC(=O)N2CC(=O)Nc3ccccc32)cc1. The van der Waals surface area contributed by atoms with Crippen LogP contribution in [0.3, 0.4) is 0 Å². The van der Waals surface area contributed by atoms with Crippen LogP contribution in [-0.4, -0.2) is 24.3 Å². The molecule has 6 nitrogen and oxygen atoms in total. The Kier molecular flexibility index (Phi) is 6.32. The second-order valence-corrected chi connectivity index (χ2v) is 7.66. The average molecular weight is 393 g/mol. The molecule has 0 radical (unpaired) electrons. The first kappa shape index (κ1) is 20.6. The van der Waals surface area contributed by atoms with Gasteiger partial charge >= 0.3 is 0 Å². The van der Waals surface area contributed by atoms with Crippen LogP contribution in [0, 0.1) is 0 Å². The molecular weight excluding hydrogens is 366 g/mol. The zero-order valence-electron chi connectivity index (χ0n) is 17.1. The smallest absolute Gasteiger partial charge is 0.244 e. The maximum Gasteiger partial charge on any atom is 0.244 e. The van der Waals surface area contributed by atoms with E-state index in [1.807, 2.05) is 25.1 Å². The summed E-state index contributed by atoms with van der Waals surface area (Å²) in [5.41, 5.74) is 3.55. The normalized spacial score (nSPS) is 14.2. The summed E-state index contributed by atoms with van der Waals surface area (Å²) in [4.78, 5) is 38.3. The largest absolute Gasteiger partial charge is 0.350 e. The maximum absolute atomic E-state index is 12.6. The predicted molar refractivity (Wildman–Crippen MR) is 114 cm³/mol. The number of benzene rings is 2. The van der Waals surface area contributed by atoms with Crippen molar-refractivity contribution >= 4 is 29.1 Å². The zero-order valence-corrected chi connectivity index (χ0v) is 17.1. The van der Waals surface area contributed by atoms with Crippen molar-refractivity contribution < 1.29 is 14.4 Å². The Morgan fingerprint density at radius 3 is 2.34 bits per heavy atom. The van der Waals surface area contributed by atoms with Gasteiger partial charge in [0.2, 0.25) is 17.7 Å². The first-order chi connectivity index (χ1) is 13.8. The molecule has 2 aromatic rings. The number of hydrogen-bond donors (Lipinski definition) is 2. The molecule has 1 aliphatic heterocycles. The fraction of sp³-hybridized carbons (Fsp3) is 0.348. The monoisotopic (exact) mass is 393 g/mol. The summed E-state index contributed by atoms with van der Waals surface area (Å²) >= 11 is 0. The average Bonchev–Trinajstić information content (AvgIpc) is 2.71. The fourth-order valence-electron chi connectivity index (χ4n) is 3.38. The molecule has 1 heterocycles. The van der Waals surface area contributed by atoms with E-state index in [0.29, 0.717) is 17.3 Å². The Hall–Kier alpha value is -3.15. The quantitative estimate of drug-likeness (QED) is 0.784. The van der Waals surface area contributed by atoms with E-state index in [1.54, 1.807) is 18.2 Å². The molecule has 0 aliphatic carbocycles. The van der Waals surface area contributed by atoms with Crippen LogP contribution in [0.2, 0.25) is 0 Å². The van der Waals surface area contributed by atoms with Crippen molar-refractivity contribution in [1.82, 2.24) is 5.32 Å². The molecule has 6 heteroatoms. The van der Waals surface area contributed by atoms with Crippen LogP contribution in [0.25, 0.3) is 0 Å². The first-order valence-corrected chi connectivity index (χ1v) is 9.93. The minimum absolute atomic E-state index is 0.0317. The molecule has 152 valence electrons. The Labute approximate surface area is 171 Å². The summed E-state index contributed by atoms with van der Waals surface area (Å²) < 4.78 is 0. The summed E-state index contributed by atoms with van der Waals surface area (Å²) in [5.74, 6) is -0.202. The number of carbonyl (C=O) groups excluding carboxylic acids is 3. The highest BCUT2D eigenvalue weighted by Crippen LogP contribution is 2.29. The molecular formula is C23H27N3O3. The summed E-state index contributed by atoms with van der Waals surface area (Å²) in [5, 5.41) is 5.69. The number of fused-ring (bicyclic) bond motifs is 1. The second kappa shape index (κ2) is 8.90. The highest BCUT2D eigenvalue weighted by molar-refractivity contribution is 6.10. The Balaban J connectivity index is 1.55. The van der Waals surface area contributed by atoms with Crippen LogP contribution in [0.15, 0.2) is 48.5 Å². The molecule has 2 N–H and O–H groups in total. The first-order valence-electron chi connectivity index (χ1n) is 9.93. The van der Waals surface area contributed by atoms with Gasteiger partial charge in [0, 0.05) is 12.8 Å². The molecule has 29 heavy (non-hydrogen) atoms. The molecule has 0 bridgehead atoms. The Bertz CT molecular complexity index is 906. The number of para-hydroxylation sites is 2. The predicted octanol–water partition coefficient (Wildman–Crippen LogP) is 3.75. The fourth-order valence-corrected chi connectivity index (χ4v) is 3.38. The van der Waals surface area contributed by atoms with Gasteiger partial charge in [0.05, 0.1) is 17.4 Å². The van der Waals surface area contributed by atoms with E-state index in [1.165, 1.54) is 10.5 Å². The van der Waals surface area contributed by atoms with Crippen molar-refractivity contribution in [3.63, 3.8) is 0 Å². The van der Waals surface area contributed by atoms with E-state index < -0.39 is 0 Å². The van der Waals surface area contributed by atoms with Crippen molar-refractivity contribution in [3.05, 3.63) is 59.7 Å². The third-order valence-electron chi connectivity index (χ3n) is 5.12. The van der Waals surface area contributed by atoms with Gasteiger partial charge in [-0.25, -0.2) is 0 Å². The highest BCUT2D eigenvalue weighted by atomic mass is 16.2. The van der Waals surface area contributed by atoms with Gasteiger partial charge in [0.15, 0.2) is 0 Å².